The van der Waals surface area contributed by atoms with E-state index in [-0.39, 0.29) is 25.9 Å². The number of fused-ring (bicyclic) bond motifs is 2. The lowest BCUT2D eigenvalue weighted by Crippen LogP contribution is -2.38. The second-order valence-electron chi connectivity index (χ2n) is 7.41. The smallest absolute Gasteiger partial charge is 0.231 e. The van der Waals surface area contributed by atoms with Crippen LogP contribution in [-0.2, 0) is 0 Å². The summed E-state index contributed by atoms with van der Waals surface area (Å²) in [5, 5.41) is 31.2. The third kappa shape index (κ3) is 3.12. The van der Waals surface area contributed by atoms with Crippen LogP contribution in [0.2, 0.25) is 0 Å². The van der Waals surface area contributed by atoms with Crippen molar-refractivity contribution in [3.63, 3.8) is 0 Å². The maximum absolute atomic E-state index is 11.0. The van der Waals surface area contributed by atoms with E-state index in [1.807, 2.05) is 18.2 Å². The van der Waals surface area contributed by atoms with Gasteiger partial charge in [-0.2, -0.15) is 0 Å². The Bertz CT molecular complexity index is 903. The molecule has 2 aromatic carbocycles. The number of aliphatic hydroxyl groups excluding tert-OH is 3. The molecule has 1 heterocycles. The molecule has 8 heteroatoms. The first-order valence-electron chi connectivity index (χ1n) is 9.71. The summed E-state index contributed by atoms with van der Waals surface area (Å²) in [4.78, 5) is 0. The first-order chi connectivity index (χ1) is 14.6. The van der Waals surface area contributed by atoms with Gasteiger partial charge in [-0.3, -0.25) is 0 Å². The van der Waals surface area contributed by atoms with E-state index in [4.69, 9.17) is 23.7 Å². The van der Waals surface area contributed by atoms with E-state index in [9.17, 15) is 15.3 Å². The number of aliphatic hydroxyl groups is 3. The summed E-state index contributed by atoms with van der Waals surface area (Å²) in [5.74, 6) is 1.20. The third-order valence-electron chi connectivity index (χ3n) is 6.08. The molecule has 162 valence electrons. The van der Waals surface area contributed by atoms with Crippen LogP contribution < -0.4 is 23.7 Å². The molecule has 30 heavy (non-hydrogen) atoms. The van der Waals surface area contributed by atoms with Gasteiger partial charge in [-0.05, 0) is 41.0 Å². The molecule has 0 unspecified atom stereocenters. The molecule has 1 aliphatic heterocycles. The Balaban J connectivity index is 1.95. The van der Waals surface area contributed by atoms with E-state index in [0.717, 1.165) is 11.1 Å². The van der Waals surface area contributed by atoms with Crippen molar-refractivity contribution < 1.29 is 39.0 Å². The Morgan fingerprint density at radius 1 is 0.833 bits per heavy atom. The van der Waals surface area contributed by atoms with Crippen LogP contribution >= 0.6 is 0 Å². The predicted octanol–water partition coefficient (Wildman–Crippen LogP) is 1.84. The maximum atomic E-state index is 11.0. The minimum Gasteiger partial charge on any atom is -0.493 e. The van der Waals surface area contributed by atoms with Crippen LogP contribution in [0.3, 0.4) is 0 Å². The molecule has 0 radical (unpaired) electrons. The predicted molar refractivity (Wildman–Crippen MR) is 107 cm³/mol. The highest BCUT2D eigenvalue weighted by molar-refractivity contribution is 5.59. The average Bonchev–Trinajstić information content (AvgIpc) is 3.24. The Kier molecular flexibility index (Phi) is 5.64. The SMILES string of the molecule is COc1cc([C@@H]2c3cc4c(cc3[C@H](O)[C@@H](CO)[C@H]2CO)OCO4)cc(OC)c1OC. The van der Waals surface area contributed by atoms with Crippen molar-refractivity contribution >= 4 is 0 Å². The molecule has 4 atom stereocenters. The number of ether oxygens (including phenoxy) is 5. The molecular weight excluding hydrogens is 392 g/mol. The number of methoxy groups -OCH3 is 3. The van der Waals surface area contributed by atoms with E-state index in [0.29, 0.717) is 34.3 Å². The first kappa shape index (κ1) is 20.6. The van der Waals surface area contributed by atoms with Crippen LogP contribution in [0.1, 0.15) is 28.7 Å². The van der Waals surface area contributed by atoms with Crippen molar-refractivity contribution in [2.24, 2.45) is 11.8 Å². The Morgan fingerprint density at radius 3 is 1.90 bits per heavy atom. The second kappa shape index (κ2) is 8.22. The molecule has 0 spiro atoms. The average molecular weight is 418 g/mol. The zero-order valence-electron chi connectivity index (χ0n) is 17.1. The maximum Gasteiger partial charge on any atom is 0.231 e. The topological polar surface area (TPSA) is 107 Å². The number of rotatable bonds is 6. The van der Waals surface area contributed by atoms with Gasteiger partial charge < -0.3 is 39.0 Å². The van der Waals surface area contributed by atoms with Gasteiger partial charge in [0.1, 0.15) is 0 Å². The minimum absolute atomic E-state index is 0.107. The lowest BCUT2D eigenvalue weighted by molar-refractivity contribution is -0.00425. The molecule has 2 aliphatic rings. The highest BCUT2D eigenvalue weighted by Crippen LogP contribution is 2.53. The molecule has 2 aromatic rings. The standard InChI is InChI=1S/C22H26O8/c1-26-18-4-11(5-19(27-2)22(18)28-3)20-12-6-16-17(30-10-29-16)7-13(12)21(25)15(9-24)14(20)8-23/h4-7,14-15,20-21,23-25H,8-10H2,1-3H3/t14-,15+,20-,21+/m1/s1. The monoisotopic (exact) mass is 418 g/mol. The molecule has 4 rings (SSSR count). The van der Waals surface area contributed by atoms with E-state index in [1.165, 1.54) is 21.3 Å². The fourth-order valence-electron chi connectivity index (χ4n) is 4.63. The Morgan fingerprint density at radius 2 is 1.40 bits per heavy atom. The highest BCUT2D eigenvalue weighted by atomic mass is 16.7. The van der Waals surface area contributed by atoms with E-state index in [1.54, 1.807) is 6.07 Å². The molecule has 3 N–H and O–H groups in total. The summed E-state index contributed by atoms with van der Waals surface area (Å²) < 4.78 is 27.5. The lowest BCUT2D eigenvalue weighted by Gasteiger charge is -2.41. The van der Waals surface area contributed by atoms with Gasteiger partial charge in [0.2, 0.25) is 12.5 Å². The molecule has 0 fully saturated rings. The number of hydrogen-bond donors (Lipinski definition) is 3. The van der Waals surface area contributed by atoms with Gasteiger partial charge >= 0.3 is 0 Å². The Labute approximate surface area is 174 Å². The van der Waals surface area contributed by atoms with Crippen molar-refractivity contribution in [2.75, 3.05) is 41.3 Å². The van der Waals surface area contributed by atoms with Crippen molar-refractivity contribution in [2.45, 2.75) is 12.0 Å². The van der Waals surface area contributed by atoms with Gasteiger partial charge in [0, 0.05) is 31.0 Å². The van der Waals surface area contributed by atoms with Crippen LogP contribution in [0.25, 0.3) is 0 Å². The second-order valence-corrected chi connectivity index (χ2v) is 7.41. The first-order valence-corrected chi connectivity index (χ1v) is 9.71. The quantitative estimate of drug-likeness (QED) is 0.653. The van der Waals surface area contributed by atoms with Crippen LogP contribution in [0.4, 0.5) is 0 Å². The summed E-state index contributed by atoms with van der Waals surface area (Å²) in [6, 6.07) is 7.25. The molecule has 8 nitrogen and oxygen atoms in total. The zero-order chi connectivity index (χ0) is 21.4. The zero-order valence-corrected chi connectivity index (χ0v) is 17.1. The third-order valence-corrected chi connectivity index (χ3v) is 6.08. The van der Waals surface area contributed by atoms with Gasteiger partial charge in [-0.25, -0.2) is 0 Å². The fourth-order valence-corrected chi connectivity index (χ4v) is 4.63. The summed E-state index contributed by atoms with van der Waals surface area (Å²) in [7, 11) is 4.61. The van der Waals surface area contributed by atoms with Crippen LogP contribution in [0.15, 0.2) is 24.3 Å². The summed E-state index contributed by atoms with van der Waals surface area (Å²) >= 11 is 0. The summed E-state index contributed by atoms with van der Waals surface area (Å²) in [6.45, 7) is -0.394. The summed E-state index contributed by atoms with van der Waals surface area (Å²) in [6.07, 6.45) is -0.949. The normalized spacial score (nSPS) is 24.3. The minimum atomic E-state index is -0.949. The fraction of sp³-hybridized carbons (Fsp3) is 0.455. The van der Waals surface area contributed by atoms with Crippen molar-refractivity contribution in [3.05, 3.63) is 41.0 Å². The van der Waals surface area contributed by atoms with Crippen LogP contribution in [-0.4, -0.2) is 56.7 Å². The van der Waals surface area contributed by atoms with E-state index in [2.05, 4.69) is 0 Å². The lowest BCUT2D eigenvalue weighted by atomic mass is 9.65. The molecule has 0 amide bonds. The van der Waals surface area contributed by atoms with Crippen molar-refractivity contribution in [1.82, 2.24) is 0 Å². The van der Waals surface area contributed by atoms with Gasteiger partial charge in [-0.1, -0.05) is 0 Å². The molecule has 1 aliphatic carbocycles. The van der Waals surface area contributed by atoms with Crippen LogP contribution in [0, 0.1) is 11.8 Å². The molecule has 0 bridgehead atoms. The molecule has 0 saturated heterocycles. The van der Waals surface area contributed by atoms with Crippen LogP contribution in [0.5, 0.6) is 28.7 Å². The van der Waals surface area contributed by atoms with Crippen molar-refractivity contribution in [3.8, 4) is 28.7 Å². The molecular formula is C22H26O8. The van der Waals surface area contributed by atoms with Gasteiger partial charge in [-0.15, -0.1) is 0 Å². The molecule has 0 aromatic heterocycles. The largest absolute Gasteiger partial charge is 0.493 e. The van der Waals surface area contributed by atoms with Crippen molar-refractivity contribution in [1.29, 1.82) is 0 Å². The van der Waals surface area contributed by atoms with Gasteiger partial charge in [0.05, 0.1) is 27.4 Å². The van der Waals surface area contributed by atoms with Gasteiger partial charge in [0.15, 0.2) is 23.0 Å². The number of benzene rings is 2. The van der Waals surface area contributed by atoms with Gasteiger partial charge in [0.25, 0.3) is 0 Å². The summed E-state index contributed by atoms with van der Waals surface area (Å²) in [5.41, 5.74) is 2.24. The van der Waals surface area contributed by atoms with E-state index < -0.39 is 17.9 Å². The Hall–Kier alpha value is -2.68. The van der Waals surface area contributed by atoms with E-state index >= 15 is 0 Å². The molecule has 0 saturated carbocycles. The number of hydrogen-bond acceptors (Lipinski definition) is 8. The highest BCUT2D eigenvalue weighted by Gasteiger charge is 2.44.